The monoisotopic (exact) mass is 278 g/mol. The maximum Gasteiger partial charge on any atom is 0.0719 e. The topological polar surface area (TPSA) is 24.5 Å². The van der Waals surface area contributed by atoms with Crippen LogP contribution in [0.5, 0.6) is 0 Å². The first kappa shape index (κ1) is 17.2. The van der Waals surface area contributed by atoms with Gasteiger partial charge in [0, 0.05) is 6.61 Å². The zero-order chi connectivity index (χ0) is 14.6. The van der Waals surface area contributed by atoms with Crippen LogP contribution in [0.4, 0.5) is 0 Å². The van der Waals surface area contributed by atoms with Crippen molar-refractivity contribution < 1.29 is 4.74 Å². The molecule has 0 aliphatic heterocycles. The van der Waals surface area contributed by atoms with E-state index in [0.29, 0.717) is 0 Å². The molecule has 0 aliphatic rings. The van der Waals surface area contributed by atoms with E-state index in [0.717, 1.165) is 45.7 Å². The predicted octanol–water partition coefficient (Wildman–Crippen LogP) is 2.70. The van der Waals surface area contributed by atoms with Gasteiger partial charge in [-0.25, -0.2) is 0 Å². The first-order chi connectivity index (χ1) is 9.74. The Hall–Kier alpha value is -0.900. The molecule has 0 saturated heterocycles. The van der Waals surface area contributed by atoms with E-state index in [4.69, 9.17) is 4.74 Å². The van der Waals surface area contributed by atoms with E-state index in [1.54, 1.807) is 0 Å². The molecule has 1 N–H and O–H groups in total. The molecule has 1 aromatic carbocycles. The van der Waals surface area contributed by atoms with Crippen molar-refractivity contribution in [3.05, 3.63) is 35.4 Å². The second-order valence-electron chi connectivity index (χ2n) is 5.48. The molecule has 3 heteroatoms. The molecule has 0 amide bonds. The van der Waals surface area contributed by atoms with Crippen LogP contribution < -0.4 is 5.32 Å². The Labute approximate surface area is 124 Å². The predicted molar refractivity (Wildman–Crippen MR) is 86.1 cm³/mol. The highest BCUT2D eigenvalue weighted by Crippen LogP contribution is 2.10. The molecule has 0 aromatic heterocycles. The summed E-state index contributed by atoms with van der Waals surface area (Å²) in [6.45, 7) is 7.00. The van der Waals surface area contributed by atoms with Gasteiger partial charge < -0.3 is 15.0 Å². The summed E-state index contributed by atoms with van der Waals surface area (Å²) in [4.78, 5) is 2.19. The number of rotatable bonds is 11. The lowest BCUT2D eigenvalue weighted by Gasteiger charge is -2.12. The largest absolute Gasteiger partial charge is 0.377 e. The molecule has 0 bridgehead atoms. The molecule has 0 unspecified atom stereocenters. The van der Waals surface area contributed by atoms with Gasteiger partial charge in [-0.05, 0) is 64.1 Å². The minimum atomic E-state index is 0.734. The molecule has 0 heterocycles. The molecule has 1 rings (SSSR count). The molecule has 3 nitrogen and oxygen atoms in total. The van der Waals surface area contributed by atoms with E-state index >= 15 is 0 Å². The van der Waals surface area contributed by atoms with Gasteiger partial charge in [0.1, 0.15) is 0 Å². The fraction of sp³-hybridized carbons (Fsp3) is 0.647. The van der Waals surface area contributed by atoms with Gasteiger partial charge in [-0.3, -0.25) is 0 Å². The Kier molecular flexibility index (Phi) is 9.29. The van der Waals surface area contributed by atoms with Gasteiger partial charge >= 0.3 is 0 Å². The van der Waals surface area contributed by atoms with Crippen LogP contribution in [0.1, 0.15) is 30.9 Å². The molecule has 0 fully saturated rings. The molecule has 1 aromatic rings. The summed E-state index contributed by atoms with van der Waals surface area (Å²) in [5, 5.41) is 3.45. The minimum Gasteiger partial charge on any atom is -0.377 e. The summed E-state index contributed by atoms with van der Waals surface area (Å²) >= 11 is 0. The standard InChI is InChI=1S/C17H30N2O/c1-4-11-18-12-10-16-8-5-6-9-17(16)15-20-14-7-13-19(2)3/h5-6,8-9,18H,4,7,10-15H2,1-3H3. The maximum atomic E-state index is 5.79. The Morgan fingerprint density at radius 2 is 1.85 bits per heavy atom. The first-order valence-electron chi connectivity index (χ1n) is 7.74. The summed E-state index contributed by atoms with van der Waals surface area (Å²) in [5.41, 5.74) is 2.74. The average molecular weight is 278 g/mol. The molecule has 0 spiro atoms. The zero-order valence-electron chi connectivity index (χ0n) is 13.3. The van der Waals surface area contributed by atoms with Crippen LogP contribution in [-0.4, -0.2) is 45.2 Å². The Morgan fingerprint density at radius 3 is 2.55 bits per heavy atom. The molecule has 20 heavy (non-hydrogen) atoms. The highest BCUT2D eigenvalue weighted by Gasteiger charge is 2.02. The van der Waals surface area contributed by atoms with Crippen LogP contribution in [0, 0.1) is 0 Å². The van der Waals surface area contributed by atoms with Gasteiger partial charge in [-0.2, -0.15) is 0 Å². The van der Waals surface area contributed by atoms with Crippen molar-refractivity contribution in [2.45, 2.75) is 32.8 Å². The van der Waals surface area contributed by atoms with Crippen LogP contribution in [0.2, 0.25) is 0 Å². The van der Waals surface area contributed by atoms with E-state index < -0.39 is 0 Å². The average Bonchev–Trinajstić information content (AvgIpc) is 2.44. The van der Waals surface area contributed by atoms with Gasteiger partial charge in [0.15, 0.2) is 0 Å². The van der Waals surface area contributed by atoms with E-state index in [2.05, 4.69) is 55.5 Å². The summed E-state index contributed by atoms with van der Waals surface area (Å²) < 4.78 is 5.79. The van der Waals surface area contributed by atoms with Crippen molar-refractivity contribution in [1.82, 2.24) is 10.2 Å². The van der Waals surface area contributed by atoms with Crippen LogP contribution >= 0.6 is 0 Å². The Balaban J connectivity index is 2.29. The van der Waals surface area contributed by atoms with Crippen LogP contribution in [0.3, 0.4) is 0 Å². The van der Waals surface area contributed by atoms with Crippen LogP contribution in [0.15, 0.2) is 24.3 Å². The van der Waals surface area contributed by atoms with Gasteiger partial charge in [0.2, 0.25) is 0 Å². The summed E-state index contributed by atoms with van der Waals surface area (Å²) in [6, 6.07) is 8.61. The highest BCUT2D eigenvalue weighted by atomic mass is 16.5. The van der Waals surface area contributed by atoms with Gasteiger partial charge in [-0.1, -0.05) is 31.2 Å². The van der Waals surface area contributed by atoms with Gasteiger partial charge in [0.05, 0.1) is 6.61 Å². The van der Waals surface area contributed by atoms with Crippen molar-refractivity contribution in [2.24, 2.45) is 0 Å². The summed E-state index contributed by atoms with van der Waals surface area (Å²) in [7, 11) is 4.19. The fourth-order valence-electron chi connectivity index (χ4n) is 2.13. The molecule has 0 saturated carbocycles. The second-order valence-corrected chi connectivity index (χ2v) is 5.48. The lowest BCUT2D eigenvalue weighted by Crippen LogP contribution is -2.18. The normalized spacial score (nSPS) is 11.2. The molecule has 114 valence electrons. The van der Waals surface area contributed by atoms with Crippen LogP contribution in [-0.2, 0) is 17.8 Å². The maximum absolute atomic E-state index is 5.79. The van der Waals surface area contributed by atoms with E-state index in [1.165, 1.54) is 17.5 Å². The van der Waals surface area contributed by atoms with Crippen molar-refractivity contribution >= 4 is 0 Å². The molecule has 0 radical (unpaired) electrons. The third-order valence-corrected chi connectivity index (χ3v) is 3.27. The summed E-state index contributed by atoms with van der Waals surface area (Å²) in [5.74, 6) is 0. The van der Waals surface area contributed by atoms with Gasteiger partial charge in [0.25, 0.3) is 0 Å². The number of ether oxygens (including phenoxy) is 1. The molecule has 0 aliphatic carbocycles. The number of hydrogen-bond donors (Lipinski definition) is 1. The molecular formula is C17H30N2O. The lowest BCUT2D eigenvalue weighted by atomic mass is 10.1. The fourth-order valence-corrected chi connectivity index (χ4v) is 2.13. The first-order valence-corrected chi connectivity index (χ1v) is 7.74. The molecular weight excluding hydrogens is 248 g/mol. The molecule has 0 atom stereocenters. The highest BCUT2D eigenvalue weighted by molar-refractivity contribution is 5.26. The minimum absolute atomic E-state index is 0.734. The van der Waals surface area contributed by atoms with E-state index in [9.17, 15) is 0 Å². The SMILES string of the molecule is CCCNCCc1ccccc1COCCCN(C)C. The zero-order valence-corrected chi connectivity index (χ0v) is 13.3. The Bertz CT molecular complexity index is 353. The summed E-state index contributed by atoms with van der Waals surface area (Å²) in [6.07, 6.45) is 3.36. The number of benzene rings is 1. The number of nitrogens with one attached hydrogen (secondary N) is 1. The van der Waals surface area contributed by atoms with Gasteiger partial charge in [-0.15, -0.1) is 0 Å². The van der Waals surface area contributed by atoms with Crippen LogP contribution in [0.25, 0.3) is 0 Å². The van der Waals surface area contributed by atoms with Crippen molar-refractivity contribution in [1.29, 1.82) is 0 Å². The number of nitrogens with zero attached hydrogens (tertiary/aromatic N) is 1. The third kappa shape index (κ3) is 7.63. The Morgan fingerprint density at radius 1 is 1.10 bits per heavy atom. The second kappa shape index (κ2) is 10.8. The third-order valence-electron chi connectivity index (χ3n) is 3.27. The number of hydrogen-bond acceptors (Lipinski definition) is 3. The lowest BCUT2D eigenvalue weighted by molar-refractivity contribution is 0.112. The van der Waals surface area contributed by atoms with Crippen molar-refractivity contribution in [2.75, 3.05) is 40.3 Å². The van der Waals surface area contributed by atoms with E-state index in [1.807, 2.05) is 0 Å². The van der Waals surface area contributed by atoms with Crippen molar-refractivity contribution in [3.8, 4) is 0 Å². The van der Waals surface area contributed by atoms with Crippen molar-refractivity contribution in [3.63, 3.8) is 0 Å². The quantitative estimate of drug-likeness (QED) is 0.630. The smallest absolute Gasteiger partial charge is 0.0719 e. The van der Waals surface area contributed by atoms with E-state index in [-0.39, 0.29) is 0 Å².